The fraction of sp³-hybridized carbons (Fsp3) is 0.500. The molecule has 2 nitrogen and oxygen atoms in total. The predicted molar refractivity (Wildman–Crippen MR) is 46.5 cm³/mol. The van der Waals surface area contributed by atoms with Crippen LogP contribution < -0.4 is 0 Å². The second kappa shape index (κ2) is 2.60. The Balaban J connectivity index is 2.58. The minimum absolute atomic E-state index is 0.188. The van der Waals surface area contributed by atoms with E-state index in [2.05, 4.69) is 20.3 Å². The molecule has 0 aromatic rings. The highest BCUT2D eigenvalue weighted by atomic mass is 31.0. The van der Waals surface area contributed by atoms with Crippen LogP contribution in [-0.2, 0) is 9.32 Å². The van der Waals surface area contributed by atoms with E-state index < -0.39 is 0 Å². The fourth-order valence-electron chi connectivity index (χ4n) is 0.943. The van der Waals surface area contributed by atoms with Gasteiger partial charge in [-0.15, -0.1) is 15.8 Å². The van der Waals surface area contributed by atoms with Gasteiger partial charge in [-0.2, -0.15) is 0 Å². The normalized spacial score (nSPS) is 36.8. The molecule has 56 valence electrons. The molecule has 1 fully saturated rings. The van der Waals surface area contributed by atoms with E-state index in [1.54, 1.807) is 6.08 Å². The van der Waals surface area contributed by atoms with Crippen LogP contribution >= 0.6 is 18.7 Å². The van der Waals surface area contributed by atoms with Gasteiger partial charge in [-0.05, 0) is 12.3 Å². The number of hydrogen-bond acceptors (Lipinski definition) is 2. The lowest BCUT2D eigenvalue weighted by molar-refractivity contribution is -0.133. The van der Waals surface area contributed by atoms with Crippen molar-refractivity contribution in [3.63, 3.8) is 0 Å². The highest BCUT2D eigenvalue weighted by Crippen LogP contribution is 2.53. The summed E-state index contributed by atoms with van der Waals surface area (Å²) in [6.07, 6.45) is 2.63. The van der Waals surface area contributed by atoms with Gasteiger partial charge in [0.25, 0.3) is 0 Å². The Morgan fingerprint density at radius 3 is 2.80 bits per heavy atom. The Hall–Kier alpha value is 0.0700. The van der Waals surface area contributed by atoms with Crippen LogP contribution in [0.5, 0.6) is 0 Å². The standard InChI is InChI=1S/C6H10O2P2/c1-2-4-3-6(4,9)5(7)8-10/h2,4H,1,3,9-10H2. The Kier molecular flexibility index (Phi) is 2.12. The van der Waals surface area contributed by atoms with Gasteiger partial charge in [0.05, 0.1) is 14.6 Å². The van der Waals surface area contributed by atoms with Crippen LogP contribution in [0, 0.1) is 5.92 Å². The van der Waals surface area contributed by atoms with E-state index in [1.807, 2.05) is 9.47 Å². The van der Waals surface area contributed by atoms with E-state index in [0.717, 1.165) is 6.42 Å². The molecule has 4 unspecified atom stereocenters. The molecule has 0 N–H and O–H groups in total. The van der Waals surface area contributed by atoms with Crippen molar-refractivity contribution in [3.05, 3.63) is 12.7 Å². The molecule has 0 bridgehead atoms. The third-order valence-electron chi connectivity index (χ3n) is 1.83. The first-order chi connectivity index (χ1) is 4.65. The van der Waals surface area contributed by atoms with Crippen LogP contribution in [-0.4, -0.2) is 11.1 Å². The number of carbonyl (C=O) groups is 1. The van der Waals surface area contributed by atoms with Gasteiger partial charge < -0.3 is 4.52 Å². The van der Waals surface area contributed by atoms with Gasteiger partial charge in [0, 0.05) is 0 Å². The number of rotatable bonds is 2. The van der Waals surface area contributed by atoms with Crippen molar-refractivity contribution in [1.29, 1.82) is 0 Å². The van der Waals surface area contributed by atoms with E-state index in [1.165, 1.54) is 0 Å². The van der Waals surface area contributed by atoms with Crippen molar-refractivity contribution >= 4 is 24.7 Å². The maximum absolute atomic E-state index is 11.0. The highest BCUT2D eigenvalue weighted by Gasteiger charge is 2.55. The molecule has 0 aromatic heterocycles. The average Bonchev–Trinajstić information content (AvgIpc) is 2.61. The molecule has 0 aliphatic heterocycles. The molecule has 1 aliphatic carbocycles. The Morgan fingerprint density at radius 1 is 1.90 bits per heavy atom. The zero-order chi connectivity index (χ0) is 7.78. The maximum atomic E-state index is 11.0. The second-order valence-corrected chi connectivity index (χ2v) is 3.76. The van der Waals surface area contributed by atoms with E-state index in [9.17, 15) is 4.79 Å². The summed E-state index contributed by atoms with van der Waals surface area (Å²) in [7, 11) is 4.47. The van der Waals surface area contributed by atoms with Crippen LogP contribution in [0.2, 0.25) is 0 Å². The van der Waals surface area contributed by atoms with E-state index in [4.69, 9.17) is 0 Å². The van der Waals surface area contributed by atoms with Crippen molar-refractivity contribution in [3.8, 4) is 0 Å². The average molecular weight is 176 g/mol. The molecule has 4 atom stereocenters. The van der Waals surface area contributed by atoms with Crippen LogP contribution in [0.3, 0.4) is 0 Å². The van der Waals surface area contributed by atoms with Crippen molar-refractivity contribution in [2.75, 3.05) is 0 Å². The highest BCUT2D eigenvalue weighted by molar-refractivity contribution is 7.22. The van der Waals surface area contributed by atoms with Crippen molar-refractivity contribution in [1.82, 2.24) is 0 Å². The van der Waals surface area contributed by atoms with Crippen molar-refractivity contribution in [2.45, 2.75) is 11.6 Å². The quantitative estimate of drug-likeness (QED) is 0.465. The monoisotopic (exact) mass is 176 g/mol. The van der Waals surface area contributed by atoms with Gasteiger partial charge in [-0.1, -0.05) is 6.08 Å². The molecule has 0 aromatic carbocycles. The summed E-state index contributed by atoms with van der Waals surface area (Å²) in [4.78, 5) is 11.0. The van der Waals surface area contributed by atoms with Gasteiger partial charge >= 0.3 is 5.97 Å². The molecule has 0 saturated heterocycles. The topological polar surface area (TPSA) is 26.3 Å². The smallest absolute Gasteiger partial charge is 0.318 e. The summed E-state index contributed by atoms with van der Waals surface area (Å²) in [6.45, 7) is 3.61. The molecule has 10 heavy (non-hydrogen) atoms. The van der Waals surface area contributed by atoms with Crippen LogP contribution in [0.1, 0.15) is 6.42 Å². The Morgan fingerprint density at radius 2 is 2.50 bits per heavy atom. The Bertz CT molecular complexity index is 181. The molecular formula is C6H10O2P2. The molecule has 0 heterocycles. The van der Waals surface area contributed by atoms with Crippen molar-refractivity contribution in [2.24, 2.45) is 5.92 Å². The van der Waals surface area contributed by atoms with E-state index in [-0.39, 0.29) is 17.0 Å². The summed E-state index contributed by atoms with van der Waals surface area (Å²) in [5.74, 6) is 0.0953. The molecule has 0 amide bonds. The summed E-state index contributed by atoms with van der Waals surface area (Å²) in [6, 6.07) is 0. The number of hydrogen-bond donors (Lipinski definition) is 0. The summed E-state index contributed by atoms with van der Waals surface area (Å²) >= 11 is 0. The predicted octanol–water partition coefficient (Wildman–Crippen LogP) is 1.14. The first-order valence-electron chi connectivity index (χ1n) is 2.97. The van der Waals surface area contributed by atoms with Crippen molar-refractivity contribution < 1.29 is 9.32 Å². The SMILES string of the molecule is C=CC1CC1(P)C(=O)OP. The van der Waals surface area contributed by atoms with Gasteiger partial charge in [0.2, 0.25) is 0 Å². The Labute approximate surface area is 64.9 Å². The second-order valence-electron chi connectivity index (χ2n) is 2.49. The first kappa shape index (κ1) is 8.17. The minimum Gasteiger partial charge on any atom is -0.451 e. The summed E-state index contributed by atoms with van der Waals surface area (Å²) in [5, 5.41) is -0.358. The minimum atomic E-state index is -0.358. The largest absolute Gasteiger partial charge is 0.451 e. The van der Waals surface area contributed by atoms with E-state index >= 15 is 0 Å². The molecule has 1 aliphatic rings. The summed E-state index contributed by atoms with van der Waals surface area (Å²) in [5.41, 5.74) is 0. The summed E-state index contributed by atoms with van der Waals surface area (Å²) < 4.78 is 4.52. The zero-order valence-corrected chi connectivity index (χ0v) is 7.85. The number of carbonyl (C=O) groups excluding carboxylic acids is 1. The lowest BCUT2D eigenvalue weighted by Gasteiger charge is -2.04. The van der Waals surface area contributed by atoms with Gasteiger partial charge in [0.1, 0.15) is 0 Å². The van der Waals surface area contributed by atoms with Crippen LogP contribution in [0.15, 0.2) is 12.7 Å². The third kappa shape index (κ3) is 1.11. The molecule has 4 heteroatoms. The van der Waals surface area contributed by atoms with Crippen LogP contribution in [0.4, 0.5) is 0 Å². The molecule has 1 saturated carbocycles. The van der Waals surface area contributed by atoms with Crippen LogP contribution in [0.25, 0.3) is 0 Å². The molecule has 0 radical (unpaired) electrons. The number of allylic oxidation sites excluding steroid dienone is 1. The van der Waals surface area contributed by atoms with E-state index in [0.29, 0.717) is 0 Å². The first-order valence-corrected chi connectivity index (χ1v) is 4.02. The maximum Gasteiger partial charge on any atom is 0.318 e. The lowest BCUT2D eigenvalue weighted by atomic mass is 10.3. The molecule has 0 spiro atoms. The molecule has 1 rings (SSSR count). The molecular weight excluding hydrogens is 166 g/mol. The van der Waals surface area contributed by atoms with Gasteiger partial charge in [-0.25, -0.2) is 0 Å². The van der Waals surface area contributed by atoms with Gasteiger partial charge in [0.15, 0.2) is 0 Å². The fourth-order valence-corrected chi connectivity index (χ4v) is 1.76. The third-order valence-corrected chi connectivity index (χ3v) is 2.94. The van der Waals surface area contributed by atoms with Gasteiger partial charge in [-0.3, -0.25) is 4.79 Å². The zero-order valence-electron chi connectivity index (χ0n) is 5.54. The lowest BCUT2D eigenvalue weighted by Crippen LogP contribution is -2.16.